The van der Waals surface area contributed by atoms with E-state index in [1.54, 1.807) is 0 Å². The topological polar surface area (TPSA) is 12.0 Å². The Kier molecular flexibility index (Phi) is 5.08. The third-order valence-corrected chi connectivity index (χ3v) is 1.31. The molecule has 1 unspecified atom stereocenters. The molecule has 0 aromatic carbocycles. The summed E-state index contributed by atoms with van der Waals surface area (Å²) in [4.78, 5) is 0. The Morgan fingerprint density at radius 3 is 2.25 bits per heavy atom. The van der Waals surface area contributed by atoms with Crippen molar-refractivity contribution in [2.75, 3.05) is 6.54 Å². The molecule has 1 fully saturated rings. The average Bonchev–Trinajstić information content (AvgIpc) is 2.24. The van der Waals surface area contributed by atoms with Gasteiger partial charge in [0.05, 0.1) is 0 Å². The molecule has 0 saturated carbocycles. The maximum atomic E-state index is 3.32. The van der Waals surface area contributed by atoms with E-state index in [2.05, 4.69) is 12.2 Å². The fraction of sp³-hybridized carbons (Fsp3) is 1.00. The normalized spacial score (nSPS) is 26.6. The minimum atomic E-state index is 0. The van der Waals surface area contributed by atoms with Gasteiger partial charge in [-0.1, -0.05) is 13.8 Å². The maximum Gasteiger partial charge on any atom is 0.00391 e. The van der Waals surface area contributed by atoms with Gasteiger partial charge in [-0.05, 0) is 26.3 Å². The summed E-state index contributed by atoms with van der Waals surface area (Å²) in [5.74, 6) is 0. The molecule has 0 bridgehead atoms. The summed E-state index contributed by atoms with van der Waals surface area (Å²) in [6.45, 7) is 7.47. The summed E-state index contributed by atoms with van der Waals surface area (Å²) in [5.41, 5.74) is 0. The molecule has 1 rings (SSSR count). The lowest BCUT2D eigenvalue weighted by atomic mass is 10.3. The fourth-order valence-corrected chi connectivity index (χ4v) is 0.859. The van der Waals surface area contributed by atoms with Crippen molar-refractivity contribution < 1.29 is 1.43 Å². The molecule has 0 aliphatic carbocycles. The molecule has 1 N–H and O–H groups in total. The van der Waals surface area contributed by atoms with E-state index in [0.29, 0.717) is 0 Å². The Hall–Kier alpha value is -0.0400. The standard InChI is InChI=1S/C5H11N.C2H6.H2/c1-5-3-2-4-6-5;1-2;/h5-6H,2-4H2,1H3;1-2H3;1H. The van der Waals surface area contributed by atoms with Crippen LogP contribution in [0.25, 0.3) is 0 Å². The highest BCUT2D eigenvalue weighted by Crippen LogP contribution is 2.01. The first kappa shape index (κ1) is 7.96. The smallest absolute Gasteiger partial charge is 0.00391 e. The molecule has 1 saturated heterocycles. The summed E-state index contributed by atoms with van der Waals surface area (Å²) in [5, 5.41) is 3.32. The number of rotatable bonds is 0. The van der Waals surface area contributed by atoms with E-state index >= 15 is 0 Å². The molecule has 1 atom stereocenters. The lowest BCUT2D eigenvalue weighted by Gasteiger charge is -1.95. The highest BCUT2D eigenvalue weighted by atomic mass is 14.9. The van der Waals surface area contributed by atoms with Crippen molar-refractivity contribution in [1.82, 2.24) is 5.32 Å². The minimum Gasteiger partial charge on any atom is -0.314 e. The molecule has 1 heteroatoms. The van der Waals surface area contributed by atoms with Crippen molar-refractivity contribution in [3.63, 3.8) is 0 Å². The predicted octanol–water partition coefficient (Wildman–Crippen LogP) is 2.03. The first-order valence-electron chi connectivity index (χ1n) is 3.63. The van der Waals surface area contributed by atoms with Crippen LogP contribution < -0.4 is 5.32 Å². The summed E-state index contributed by atoms with van der Waals surface area (Å²) < 4.78 is 0. The lowest BCUT2D eigenvalue weighted by Crippen LogP contribution is -2.16. The van der Waals surface area contributed by atoms with Crippen LogP contribution in [0, 0.1) is 0 Å². The van der Waals surface area contributed by atoms with Crippen LogP contribution in [0.3, 0.4) is 0 Å². The SMILES string of the molecule is CC.CC1CCCN1.[HH]. The second-order valence-electron chi connectivity index (χ2n) is 2.00. The second kappa shape index (κ2) is 5.10. The van der Waals surface area contributed by atoms with Crippen LogP contribution in [0.1, 0.15) is 35.0 Å². The van der Waals surface area contributed by atoms with Crippen molar-refractivity contribution >= 4 is 0 Å². The highest BCUT2D eigenvalue weighted by molar-refractivity contribution is 4.67. The van der Waals surface area contributed by atoms with E-state index in [1.807, 2.05) is 13.8 Å². The van der Waals surface area contributed by atoms with Crippen LogP contribution in [0.5, 0.6) is 0 Å². The third-order valence-electron chi connectivity index (χ3n) is 1.31. The monoisotopic (exact) mass is 117 g/mol. The molecule has 1 nitrogen and oxygen atoms in total. The fourth-order valence-electron chi connectivity index (χ4n) is 0.859. The number of hydrogen-bond acceptors (Lipinski definition) is 1. The Morgan fingerprint density at radius 2 is 2.12 bits per heavy atom. The van der Waals surface area contributed by atoms with Crippen LogP contribution in [-0.2, 0) is 0 Å². The highest BCUT2D eigenvalue weighted by Gasteiger charge is 2.05. The van der Waals surface area contributed by atoms with Gasteiger partial charge >= 0.3 is 0 Å². The van der Waals surface area contributed by atoms with Gasteiger partial charge in [0.1, 0.15) is 0 Å². The molecule has 8 heavy (non-hydrogen) atoms. The van der Waals surface area contributed by atoms with Crippen LogP contribution in [-0.4, -0.2) is 12.6 Å². The van der Waals surface area contributed by atoms with E-state index in [4.69, 9.17) is 0 Å². The van der Waals surface area contributed by atoms with Crippen LogP contribution in [0.2, 0.25) is 0 Å². The summed E-state index contributed by atoms with van der Waals surface area (Å²) in [6.07, 6.45) is 2.75. The quantitative estimate of drug-likeness (QED) is 0.512. The van der Waals surface area contributed by atoms with Crippen molar-refractivity contribution in [1.29, 1.82) is 0 Å². The first-order valence-corrected chi connectivity index (χ1v) is 3.63. The summed E-state index contributed by atoms with van der Waals surface area (Å²) in [6, 6.07) is 0.796. The molecule has 0 spiro atoms. The molecule has 0 aromatic rings. The van der Waals surface area contributed by atoms with Crippen molar-refractivity contribution in [2.24, 2.45) is 0 Å². The van der Waals surface area contributed by atoms with Crippen molar-refractivity contribution in [3.8, 4) is 0 Å². The zero-order valence-electron chi connectivity index (χ0n) is 6.20. The molecular formula is C7H19N. The Bertz CT molecular complexity index is 42.2. The molecule has 0 radical (unpaired) electrons. The third kappa shape index (κ3) is 3.03. The van der Waals surface area contributed by atoms with Gasteiger partial charge in [-0.15, -0.1) is 0 Å². The van der Waals surface area contributed by atoms with Gasteiger partial charge in [0.2, 0.25) is 0 Å². The maximum absolute atomic E-state index is 3.32. The lowest BCUT2D eigenvalue weighted by molar-refractivity contribution is 0.664. The average molecular weight is 117 g/mol. The molecule has 0 amide bonds. The summed E-state index contributed by atoms with van der Waals surface area (Å²) in [7, 11) is 0. The molecule has 52 valence electrons. The van der Waals surface area contributed by atoms with E-state index in [-0.39, 0.29) is 1.43 Å². The molecule has 1 aliphatic heterocycles. The van der Waals surface area contributed by atoms with Gasteiger partial charge in [0.25, 0.3) is 0 Å². The number of nitrogens with one attached hydrogen (secondary N) is 1. The van der Waals surface area contributed by atoms with Gasteiger partial charge in [-0.3, -0.25) is 0 Å². The van der Waals surface area contributed by atoms with Crippen molar-refractivity contribution in [3.05, 3.63) is 0 Å². The zero-order chi connectivity index (χ0) is 6.41. The number of hydrogen-bond donors (Lipinski definition) is 1. The first-order chi connectivity index (χ1) is 3.89. The van der Waals surface area contributed by atoms with Crippen LogP contribution in [0.4, 0.5) is 0 Å². The van der Waals surface area contributed by atoms with E-state index in [1.165, 1.54) is 19.4 Å². The largest absolute Gasteiger partial charge is 0.314 e. The van der Waals surface area contributed by atoms with Crippen LogP contribution in [0.15, 0.2) is 0 Å². The summed E-state index contributed by atoms with van der Waals surface area (Å²) >= 11 is 0. The Balaban J connectivity index is 0. The minimum absolute atomic E-state index is 0. The van der Waals surface area contributed by atoms with Gasteiger partial charge in [0, 0.05) is 7.47 Å². The van der Waals surface area contributed by atoms with E-state index in [9.17, 15) is 0 Å². The molecule has 1 heterocycles. The zero-order valence-corrected chi connectivity index (χ0v) is 6.20. The molecular weight excluding hydrogens is 98.1 g/mol. The predicted molar refractivity (Wildman–Crippen MR) is 40.2 cm³/mol. The Labute approximate surface area is 54.0 Å². The van der Waals surface area contributed by atoms with Crippen molar-refractivity contribution in [2.45, 2.75) is 39.7 Å². The van der Waals surface area contributed by atoms with Gasteiger partial charge in [-0.2, -0.15) is 0 Å². The molecule has 0 aromatic heterocycles. The van der Waals surface area contributed by atoms with E-state index in [0.717, 1.165) is 6.04 Å². The van der Waals surface area contributed by atoms with Crippen LogP contribution >= 0.6 is 0 Å². The van der Waals surface area contributed by atoms with Gasteiger partial charge < -0.3 is 5.32 Å². The molecule has 1 aliphatic rings. The van der Waals surface area contributed by atoms with Gasteiger partial charge in [-0.25, -0.2) is 0 Å². The Morgan fingerprint density at radius 1 is 1.50 bits per heavy atom. The van der Waals surface area contributed by atoms with E-state index < -0.39 is 0 Å². The van der Waals surface area contributed by atoms with Gasteiger partial charge in [0.15, 0.2) is 0 Å². The second-order valence-corrected chi connectivity index (χ2v) is 2.00.